The smallest absolute Gasteiger partial charge is 0.409 e. The Hall–Kier alpha value is -2.29. The van der Waals surface area contributed by atoms with E-state index in [0.717, 1.165) is 12.5 Å². The number of ether oxygens (including phenoxy) is 1. The van der Waals surface area contributed by atoms with E-state index in [4.69, 9.17) is 10.5 Å². The quantitative estimate of drug-likeness (QED) is 0.800. The van der Waals surface area contributed by atoms with Gasteiger partial charge in [-0.1, -0.05) is 0 Å². The van der Waals surface area contributed by atoms with Gasteiger partial charge in [-0.2, -0.15) is 0 Å². The molecule has 2 aliphatic heterocycles. The van der Waals surface area contributed by atoms with Gasteiger partial charge in [0, 0.05) is 44.1 Å². The molecule has 3 rings (SSSR count). The number of rotatable bonds is 4. The highest BCUT2D eigenvalue weighted by molar-refractivity contribution is 5.78. The first kappa shape index (κ1) is 19.5. The number of benzene rings is 1. The van der Waals surface area contributed by atoms with Crippen LogP contribution < -0.4 is 5.73 Å². The van der Waals surface area contributed by atoms with Crippen molar-refractivity contribution in [3.63, 3.8) is 0 Å². The van der Waals surface area contributed by atoms with Crippen molar-refractivity contribution < 1.29 is 27.5 Å². The Morgan fingerprint density at radius 3 is 2.63 bits per heavy atom. The number of carbonyl (C=O) groups is 2. The van der Waals surface area contributed by atoms with Gasteiger partial charge >= 0.3 is 6.09 Å². The first-order valence-corrected chi connectivity index (χ1v) is 8.81. The third kappa shape index (κ3) is 4.02. The van der Waals surface area contributed by atoms with Gasteiger partial charge in [-0.05, 0) is 24.5 Å². The lowest BCUT2D eigenvalue weighted by Crippen LogP contribution is -2.43. The normalized spacial score (nSPS) is 22.7. The van der Waals surface area contributed by atoms with E-state index in [0.29, 0.717) is 25.7 Å². The fourth-order valence-corrected chi connectivity index (χ4v) is 3.97. The highest BCUT2D eigenvalue weighted by Crippen LogP contribution is 2.32. The fraction of sp³-hybridized carbons (Fsp3) is 0.556. The Morgan fingerprint density at radius 1 is 1.22 bits per heavy atom. The predicted octanol–water partition coefficient (Wildman–Crippen LogP) is 1.66. The van der Waals surface area contributed by atoms with E-state index < -0.39 is 29.6 Å². The number of nitrogens with two attached hydrogens (primary N) is 1. The van der Waals surface area contributed by atoms with Crippen LogP contribution in [-0.2, 0) is 16.0 Å². The average molecular weight is 385 g/mol. The summed E-state index contributed by atoms with van der Waals surface area (Å²) in [5.41, 5.74) is 5.89. The number of methoxy groups -OCH3 is 1. The monoisotopic (exact) mass is 385 g/mol. The van der Waals surface area contributed by atoms with Crippen LogP contribution in [-0.4, -0.2) is 60.6 Å². The molecule has 0 bridgehead atoms. The van der Waals surface area contributed by atoms with Crippen LogP contribution in [0.3, 0.4) is 0 Å². The van der Waals surface area contributed by atoms with E-state index in [2.05, 4.69) is 0 Å². The fourth-order valence-electron chi connectivity index (χ4n) is 3.97. The molecule has 0 aliphatic carbocycles. The molecule has 3 unspecified atom stereocenters. The van der Waals surface area contributed by atoms with Crippen LogP contribution in [0.5, 0.6) is 0 Å². The maximum atomic E-state index is 13.8. The minimum Gasteiger partial charge on any atom is -0.453 e. The number of fused-ring (bicyclic) bond motifs is 1. The van der Waals surface area contributed by atoms with Gasteiger partial charge in [0.15, 0.2) is 11.6 Å². The van der Waals surface area contributed by atoms with Crippen molar-refractivity contribution in [2.24, 2.45) is 11.7 Å². The van der Waals surface area contributed by atoms with Crippen molar-refractivity contribution in [1.29, 1.82) is 0 Å². The van der Waals surface area contributed by atoms with Gasteiger partial charge in [0.05, 0.1) is 13.2 Å². The molecule has 2 heterocycles. The molecule has 2 aliphatic rings. The SMILES string of the molecule is COC(=O)N1CC2CCN(C(=O)CC(N)Cc3cc(F)c(F)cc3F)C2C1. The van der Waals surface area contributed by atoms with Crippen LogP contribution in [0, 0.1) is 23.4 Å². The van der Waals surface area contributed by atoms with E-state index in [-0.39, 0.29) is 36.3 Å². The van der Waals surface area contributed by atoms with Gasteiger partial charge in [0.1, 0.15) is 5.82 Å². The molecule has 1 aromatic rings. The molecule has 0 radical (unpaired) electrons. The van der Waals surface area contributed by atoms with Gasteiger partial charge in [0.25, 0.3) is 0 Å². The number of nitrogens with zero attached hydrogens (tertiary/aromatic N) is 2. The summed E-state index contributed by atoms with van der Waals surface area (Å²) in [6.45, 7) is 1.54. The van der Waals surface area contributed by atoms with Crippen LogP contribution in [0.4, 0.5) is 18.0 Å². The molecular formula is C18H22F3N3O3. The van der Waals surface area contributed by atoms with Crippen molar-refractivity contribution in [2.75, 3.05) is 26.7 Å². The summed E-state index contributed by atoms with van der Waals surface area (Å²) in [5, 5.41) is 0. The molecule has 6 nitrogen and oxygen atoms in total. The highest BCUT2D eigenvalue weighted by atomic mass is 19.2. The average Bonchev–Trinajstić information content (AvgIpc) is 3.19. The van der Waals surface area contributed by atoms with Crippen molar-refractivity contribution in [3.8, 4) is 0 Å². The first-order chi connectivity index (χ1) is 12.8. The molecule has 2 N–H and O–H groups in total. The molecule has 9 heteroatoms. The lowest BCUT2D eigenvalue weighted by atomic mass is 10.0. The van der Waals surface area contributed by atoms with Crippen LogP contribution >= 0.6 is 0 Å². The lowest BCUT2D eigenvalue weighted by Gasteiger charge is -2.26. The molecule has 3 atom stereocenters. The Bertz CT molecular complexity index is 746. The molecule has 2 saturated heterocycles. The third-order valence-corrected chi connectivity index (χ3v) is 5.31. The molecule has 1 aromatic carbocycles. The van der Waals surface area contributed by atoms with Gasteiger partial charge in [0.2, 0.25) is 5.91 Å². The number of likely N-dealkylation sites (tertiary alicyclic amines) is 2. The summed E-state index contributed by atoms with van der Waals surface area (Å²) in [6, 6.07) is 0.439. The van der Waals surface area contributed by atoms with Gasteiger partial charge in [-0.25, -0.2) is 18.0 Å². The van der Waals surface area contributed by atoms with E-state index >= 15 is 0 Å². The summed E-state index contributed by atoms with van der Waals surface area (Å²) < 4.78 is 44.8. The van der Waals surface area contributed by atoms with Crippen LogP contribution in [0.15, 0.2) is 12.1 Å². The summed E-state index contributed by atoms with van der Waals surface area (Å²) in [4.78, 5) is 27.6. The van der Waals surface area contributed by atoms with E-state index in [1.165, 1.54) is 7.11 Å². The topological polar surface area (TPSA) is 75.9 Å². The molecule has 2 amide bonds. The van der Waals surface area contributed by atoms with Gasteiger partial charge in [-0.15, -0.1) is 0 Å². The maximum absolute atomic E-state index is 13.8. The molecule has 148 valence electrons. The molecule has 0 saturated carbocycles. The molecule has 27 heavy (non-hydrogen) atoms. The van der Waals surface area contributed by atoms with Crippen LogP contribution in [0.1, 0.15) is 18.4 Å². The van der Waals surface area contributed by atoms with Crippen LogP contribution in [0.2, 0.25) is 0 Å². The molecule has 0 aromatic heterocycles. The van der Waals surface area contributed by atoms with E-state index in [1.54, 1.807) is 9.80 Å². The number of hydrogen-bond donors (Lipinski definition) is 1. The Kier molecular flexibility index (Phi) is 5.59. The van der Waals surface area contributed by atoms with E-state index in [9.17, 15) is 22.8 Å². The van der Waals surface area contributed by atoms with Gasteiger partial charge in [-0.3, -0.25) is 4.79 Å². The second kappa shape index (κ2) is 7.75. The molecular weight excluding hydrogens is 363 g/mol. The van der Waals surface area contributed by atoms with Crippen molar-refractivity contribution in [3.05, 3.63) is 35.1 Å². The Morgan fingerprint density at radius 2 is 1.93 bits per heavy atom. The Balaban J connectivity index is 1.59. The number of halogens is 3. The van der Waals surface area contributed by atoms with Crippen LogP contribution in [0.25, 0.3) is 0 Å². The number of carbonyl (C=O) groups excluding carboxylic acids is 2. The van der Waals surface area contributed by atoms with Gasteiger partial charge < -0.3 is 20.3 Å². The molecule has 0 spiro atoms. The minimum absolute atomic E-state index is 0.0418. The predicted molar refractivity (Wildman–Crippen MR) is 90.2 cm³/mol. The second-order valence-electron chi connectivity index (χ2n) is 7.10. The van der Waals surface area contributed by atoms with E-state index in [1.807, 2.05) is 0 Å². The second-order valence-corrected chi connectivity index (χ2v) is 7.10. The third-order valence-electron chi connectivity index (χ3n) is 5.31. The summed E-state index contributed by atoms with van der Waals surface area (Å²) >= 11 is 0. The maximum Gasteiger partial charge on any atom is 0.409 e. The van der Waals surface area contributed by atoms with Crippen molar-refractivity contribution >= 4 is 12.0 Å². The summed E-state index contributed by atoms with van der Waals surface area (Å²) in [6.07, 6.45) is 0.254. The zero-order valence-corrected chi connectivity index (χ0v) is 15.0. The zero-order valence-electron chi connectivity index (χ0n) is 15.0. The van der Waals surface area contributed by atoms with Crippen molar-refractivity contribution in [2.45, 2.75) is 31.3 Å². The highest BCUT2D eigenvalue weighted by Gasteiger charge is 2.45. The zero-order chi connectivity index (χ0) is 19.7. The standard InChI is InChI=1S/C18H22F3N3O3/c1-27-18(26)23-8-10-2-3-24(16(10)9-23)17(25)6-12(22)4-11-5-14(20)15(21)7-13(11)19/h5,7,10,12,16H,2-4,6,8-9,22H2,1H3. The first-order valence-electron chi connectivity index (χ1n) is 8.81. The summed E-state index contributed by atoms with van der Waals surface area (Å²) in [5.74, 6) is -3.29. The van der Waals surface area contributed by atoms with Crippen molar-refractivity contribution in [1.82, 2.24) is 9.80 Å². The number of amides is 2. The number of hydrogen-bond acceptors (Lipinski definition) is 4. The Labute approximate surface area is 155 Å². The lowest BCUT2D eigenvalue weighted by molar-refractivity contribution is -0.132. The largest absolute Gasteiger partial charge is 0.453 e. The minimum atomic E-state index is -1.26. The summed E-state index contributed by atoms with van der Waals surface area (Å²) in [7, 11) is 1.32. The molecule has 2 fully saturated rings.